The standard InChI is InChI=1S/C14H15N3O3S/c1-2-19-11-7-5-10(6-8-11)15-14(21)17-16-13(18)12-4-3-9-20-12/h3-9H,2H2,1H3,(H,16,18)(H2,15,17,21). The first kappa shape index (κ1) is 14.9. The van der Waals surface area contributed by atoms with Crippen LogP contribution in [0.1, 0.15) is 17.5 Å². The Hall–Kier alpha value is -2.54. The minimum absolute atomic E-state index is 0.200. The van der Waals surface area contributed by atoms with Gasteiger partial charge in [-0.15, -0.1) is 0 Å². The van der Waals surface area contributed by atoms with Gasteiger partial charge in [-0.1, -0.05) is 0 Å². The Balaban J connectivity index is 1.80. The molecule has 0 atom stereocenters. The number of hydrogen-bond acceptors (Lipinski definition) is 4. The summed E-state index contributed by atoms with van der Waals surface area (Å²) in [5.74, 6) is 0.579. The third-order valence-electron chi connectivity index (χ3n) is 2.46. The van der Waals surface area contributed by atoms with Crippen LogP contribution in [-0.2, 0) is 0 Å². The van der Waals surface area contributed by atoms with Crippen LogP contribution in [0.15, 0.2) is 47.1 Å². The second-order valence-corrected chi connectivity index (χ2v) is 4.38. The molecule has 7 heteroatoms. The van der Waals surface area contributed by atoms with Crippen LogP contribution < -0.4 is 20.9 Å². The van der Waals surface area contributed by atoms with Crippen molar-refractivity contribution in [2.24, 2.45) is 0 Å². The molecule has 110 valence electrons. The van der Waals surface area contributed by atoms with Crippen LogP contribution in [0.5, 0.6) is 5.75 Å². The number of amides is 1. The molecular weight excluding hydrogens is 290 g/mol. The van der Waals surface area contributed by atoms with E-state index in [2.05, 4.69) is 16.2 Å². The summed E-state index contributed by atoms with van der Waals surface area (Å²) in [5.41, 5.74) is 5.79. The lowest BCUT2D eigenvalue weighted by molar-refractivity contribution is 0.0916. The molecule has 2 rings (SSSR count). The molecule has 21 heavy (non-hydrogen) atoms. The molecule has 1 amide bonds. The summed E-state index contributed by atoms with van der Waals surface area (Å²) in [6.45, 7) is 2.54. The fourth-order valence-electron chi connectivity index (χ4n) is 1.55. The Bertz CT molecular complexity index is 596. The van der Waals surface area contributed by atoms with Gasteiger partial charge in [0.15, 0.2) is 10.9 Å². The molecule has 0 aliphatic heterocycles. The number of anilines is 1. The van der Waals surface area contributed by atoms with Gasteiger partial charge in [0.2, 0.25) is 0 Å². The number of furan rings is 1. The highest BCUT2D eigenvalue weighted by molar-refractivity contribution is 7.80. The molecule has 3 N–H and O–H groups in total. The van der Waals surface area contributed by atoms with E-state index >= 15 is 0 Å². The van der Waals surface area contributed by atoms with Crippen molar-refractivity contribution in [3.8, 4) is 5.75 Å². The van der Waals surface area contributed by atoms with E-state index in [9.17, 15) is 4.79 Å². The molecule has 0 saturated carbocycles. The topological polar surface area (TPSA) is 75.5 Å². The molecular formula is C14H15N3O3S. The van der Waals surface area contributed by atoms with Gasteiger partial charge >= 0.3 is 5.91 Å². The van der Waals surface area contributed by atoms with Gasteiger partial charge in [0, 0.05) is 5.69 Å². The van der Waals surface area contributed by atoms with E-state index < -0.39 is 5.91 Å². The van der Waals surface area contributed by atoms with Gasteiger partial charge in [-0.3, -0.25) is 15.6 Å². The van der Waals surface area contributed by atoms with Crippen LogP contribution >= 0.6 is 12.2 Å². The SMILES string of the molecule is CCOc1ccc(NC(=S)NNC(=O)c2ccco2)cc1. The minimum atomic E-state index is -0.407. The van der Waals surface area contributed by atoms with Gasteiger partial charge in [-0.2, -0.15) is 0 Å². The molecule has 1 aromatic heterocycles. The predicted molar refractivity (Wildman–Crippen MR) is 83.1 cm³/mol. The van der Waals surface area contributed by atoms with Crippen molar-refractivity contribution in [3.63, 3.8) is 0 Å². The fraction of sp³-hybridized carbons (Fsp3) is 0.143. The second kappa shape index (κ2) is 7.30. The largest absolute Gasteiger partial charge is 0.494 e. The van der Waals surface area contributed by atoms with Crippen molar-refractivity contribution in [2.75, 3.05) is 11.9 Å². The first-order valence-corrected chi connectivity index (χ1v) is 6.73. The van der Waals surface area contributed by atoms with Crippen molar-refractivity contribution in [3.05, 3.63) is 48.4 Å². The fourth-order valence-corrected chi connectivity index (χ4v) is 1.72. The summed E-state index contributed by atoms with van der Waals surface area (Å²) < 4.78 is 10.3. The molecule has 0 aliphatic rings. The minimum Gasteiger partial charge on any atom is -0.494 e. The Morgan fingerprint density at radius 2 is 2.00 bits per heavy atom. The zero-order valence-electron chi connectivity index (χ0n) is 11.4. The first-order valence-electron chi connectivity index (χ1n) is 6.32. The van der Waals surface area contributed by atoms with E-state index in [0.29, 0.717) is 6.61 Å². The van der Waals surface area contributed by atoms with Crippen LogP contribution in [0, 0.1) is 0 Å². The summed E-state index contributed by atoms with van der Waals surface area (Å²) in [5, 5.41) is 3.19. The van der Waals surface area contributed by atoms with Crippen LogP contribution in [0.3, 0.4) is 0 Å². The third-order valence-corrected chi connectivity index (χ3v) is 2.66. The highest BCUT2D eigenvalue weighted by Crippen LogP contribution is 2.15. The van der Waals surface area contributed by atoms with Gasteiger partial charge in [0.05, 0.1) is 12.9 Å². The predicted octanol–water partition coefficient (Wildman–Crippen LogP) is 2.31. The summed E-state index contributed by atoms with van der Waals surface area (Å²) in [6, 6.07) is 10.5. The molecule has 0 unspecified atom stereocenters. The smallest absolute Gasteiger partial charge is 0.305 e. The van der Waals surface area contributed by atoms with Gasteiger partial charge in [0.1, 0.15) is 5.75 Å². The monoisotopic (exact) mass is 305 g/mol. The lowest BCUT2D eigenvalue weighted by atomic mass is 10.3. The summed E-state index contributed by atoms with van der Waals surface area (Å²) in [6.07, 6.45) is 1.42. The van der Waals surface area contributed by atoms with Gasteiger partial charge in [-0.05, 0) is 55.5 Å². The van der Waals surface area contributed by atoms with Crippen LogP contribution in [0.4, 0.5) is 5.69 Å². The van der Waals surface area contributed by atoms with E-state index in [1.54, 1.807) is 12.1 Å². The van der Waals surface area contributed by atoms with Crippen LogP contribution in [-0.4, -0.2) is 17.6 Å². The highest BCUT2D eigenvalue weighted by Gasteiger charge is 2.08. The Kier molecular flexibility index (Phi) is 5.16. The first-order chi connectivity index (χ1) is 10.2. The van der Waals surface area contributed by atoms with Crippen molar-refractivity contribution in [1.29, 1.82) is 0 Å². The Morgan fingerprint density at radius 1 is 1.24 bits per heavy atom. The van der Waals surface area contributed by atoms with E-state index in [4.69, 9.17) is 21.4 Å². The number of carbonyl (C=O) groups is 1. The van der Waals surface area contributed by atoms with Crippen molar-refractivity contribution < 1.29 is 13.9 Å². The highest BCUT2D eigenvalue weighted by atomic mass is 32.1. The molecule has 1 heterocycles. The zero-order chi connectivity index (χ0) is 15.1. The number of hydrazine groups is 1. The van der Waals surface area contributed by atoms with E-state index in [0.717, 1.165) is 11.4 Å². The summed E-state index contributed by atoms with van der Waals surface area (Å²) in [4.78, 5) is 11.6. The normalized spacial score (nSPS) is 9.76. The molecule has 6 nitrogen and oxygen atoms in total. The van der Waals surface area contributed by atoms with Gasteiger partial charge < -0.3 is 14.5 Å². The third kappa shape index (κ3) is 4.50. The molecule has 1 aromatic carbocycles. The number of rotatable bonds is 4. The summed E-state index contributed by atoms with van der Waals surface area (Å²) >= 11 is 5.07. The second-order valence-electron chi connectivity index (χ2n) is 3.97. The molecule has 0 bridgehead atoms. The van der Waals surface area contributed by atoms with Crippen LogP contribution in [0.2, 0.25) is 0 Å². The Labute approximate surface area is 127 Å². The number of carbonyl (C=O) groups excluding carboxylic acids is 1. The number of hydrogen-bond donors (Lipinski definition) is 3. The number of nitrogens with one attached hydrogen (secondary N) is 3. The lowest BCUT2D eigenvalue weighted by Crippen LogP contribution is -2.43. The van der Waals surface area contributed by atoms with Crippen molar-refractivity contribution in [2.45, 2.75) is 6.92 Å². The van der Waals surface area contributed by atoms with Gasteiger partial charge in [-0.25, -0.2) is 0 Å². The maximum atomic E-state index is 11.6. The lowest BCUT2D eigenvalue weighted by Gasteiger charge is -2.11. The number of benzene rings is 1. The van der Waals surface area contributed by atoms with E-state index in [1.807, 2.05) is 31.2 Å². The average molecular weight is 305 g/mol. The van der Waals surface area contributed by atoms with E-state index in [-0.39, 0.29) is 10.9 Å². The maximum absolute atomic E-state index is 11.6. The number of thiocarbonyl (C=S) groups is 1. The van der Waals surface area contributed by atoms with Crippen molar-refractivity contribution in [1.82, 2.24) is 10.9 Å². The maximum Gasteiger partial charge on any atom is 0.305 e. The van der Waals surface area contributed by atoms with Crippen molar-refractivity contribution >= 4 is 28.9 Å². The van der Waals surface area contributed by atoms with E-state index in [1.165, 1.54) is 6.26 Å². The Morgan fingerprint density at radius 3 is 2.62 bits per heavy atom. The molecule has 0 aliphatic carbocycles. The number of ether oxygens (including phenoxy) is 1. The molecule has 0 fully saturated rings. The summed E-state index contributed by atoms with van der Waals surface area (Å²) in [7, 11) is 0. The molecule has 0 saturated heterocycles. The van der Waals surface area contributed by atoms with Crippen LogP contribution in [0.25, 0.3) is 0 Å². The zero-order valence-corrected chi connectivity index (χ0v) is 12.2. The van der Waals surface area contributed by atoms with Gasteiger partial charge in [0.25, 0.3) is 0 Å². The molecule has 0 radical (unpaired) electrons. The molecule has 2 aromatic rings. The molecule has 0 spiro atoms. The quantitative estimate of drug-likeness (QED) is 0.594. The average Bonchev–Trinajstić information content (AvgIpc) is 3.01.